The number of rotatable bonds is 11. The number of fused-ring (bicyclic) bond motifs is 2. The van der Waals surface area contributed by atoms with E-state index in [1.807, 2.05) is 7.11 Å². The SMILES string of the molecule is COC1=CC=CC1CC1(C)C(=CC2=C(C)C(=CC3=[N+](CCC(C)C)c4ccccc4C3(C)C)CCC2)N(CCC(C)C)c2ccccc21. The molecule has 3 heteroatoms. The molecule has 2 aromatic carbocycles. The Bertz CT molecular complexity index is 1720. The highest BCUT2D eigenvalue weighted by molar-refractivity contribution is 6.03. The van der Waals surface area contributed by atoms with Crippen molar-refractivity contribution in [2.24, 2.45) is 17.8 Å². The Balaban J connectivity index is 1.46. The molecule has 254 valence electrons. The molecule has 2 atom stereocenters. The topological polar surface area (TPSA) is 15.5 Å². The average Bonchev–Trinajstić information content (AvgIpc) is 3.66. The van der Waals surface area contributed by atoms with Crippen LogP contribution >= 0.6 is 0 Å². The van der Waals surface area contributed by atoms with Crippen LogP contribution in [0.25, 0.3) is 0 Å². The molecule has 0 radical (unpaired) electrons. The van der Waals surface area contributed by atoms with E-state index in [4.69, 9.17) is 4.74 Å². The number of nitrogens with zero attached hydrogens (tertiary/aromatic N) is 2. The number of anilines is 1. The molecule has 0 saturated heterocycles. The summed E-state index contributed by atoms with van der Waals surface area (Å²) in [5.74, 6) is 2.66. The maximum absolute atomic E-state index is 5.87. The van der Waals surface area contributed by atoms with Gasteiger partial charge in [0.05, 0.1) is 12.5 Å². The lowest BCUT2D eigenvalue weighted by Crippen LogP contribution is -2.32. The third-order valence-corrected chi connectivity index (χ3v) is 11.6. The molecular formula is C45H59N2O+. The first-order valence-electron chi connectivity index (χ1n) is 18.6. The molecule has 2 unspecified atom stereocenters. The van der Waals surface area contributed by atoms with E-state index in [1.165, 1.54) is 63.5 Å². The summed E-state index contributed by atoms with van der Waals surface area (Å²) in [5, 5.41) is 0. The second-order valence-electron chi connectivity index (χ2n) is 16.2. The first kappa shape index (κ1) is 34.3. The largest absolute Gasteiger partial charge is 0.500 e. The molecule has 0 saturated carbocycles. The van der Waals surface area contributed by atoms with Crippen molar-refractivity contribution in [1.82, 2.24) is 0 Å². The number of methoxy groups -OCH3 is 1. The van der Waals surface area contributed by atoms with Crippen molar-refractivity contribution in [2.75, 3.05) is 25.1 Å². The lowest BCUT2D eigenvalue weighted by Gasteiger charge is -2.34. The number of ether oxygens (including phenoxy) is 1. The number of hydrogen-bond acceptors (Lipinski definition) is 2. The Kier molecular flexibility index (Phi) is 9.81. The lowest BCUT2D eigenvalue weighted by molar-refractivity contribution is -0.439. The minimum absolute atomic E-state index is 0.0301. The van der Waals surface area contributed by atoms with Crippen molar-refractivity contribution in [3.05, 3.63) is 118 Å². The van der Waals surface area contributed by atoms with Crippen molar-refractivity contribution in [1.29, 1.82) is 0 Å². The Morgan fingerprint density at radius 2 is 1.62 bits per heavy atom. The van der Waals surface area contributed by atoms with Crippen LogP contribution in [0.15, 0.2) is 107 Å². The smallest absolute Gasteiger partial charge is 0.209 e. The van der Waals surface area contributed by atoms with E-state index in [2.05, 4.69) is 144 Å². The second kappa shape index (κ2) is 13.7. The van der Waals surface area contributed by atoms with Crippen LogP contribution in [0, 0.1) is 17.8 Å². The quantitative estimate of drug-likeness (QED) is 0.226. The summed E-state index contributed by atoms with van der Waals surface area (Å²) in [6.45, 7) is 21.2. The van der Waals surface area contributed by atoms with Gasteiger partial charge in [0.1, 0.15) is 12.3 Å². The maximum atomic E-state index is 5.87. The lowest BCUT2D eigenvalue weighted by atomic mass is 9.73. The van der Waals surface area contributed by atoms with Crippen LogP contribution in [0.4, 0.5) is 11.4 Å². The van der Waals surface area contributed by atoms with E-state index >= 15 is 0 Å². The van der Waals surface area contributed by atoms with E-state index in [0.717, 1.165) is 44.5 Å². The van der Waals surface area contributed by atoms with Gasteiger partial charge in [-0.2, -0.15) is 4.58 Å². The van der Waals surface area contributed by atoms with Crippen LogP contribution in [0.5, 0.6) is 0 Å². The minimum atomic E-state index is -0.128. The van der Waals surface area contributed by atoms with Gasteiger partial charge in [-0.1, -0.05) is 76.2 Å². The highest BCUT2D eigenvalue weighted by Gasteiger charge is 2.46. The average molecular weight is 644 g/mol. The summed E-state index contributed by atoms with van der Waals surface area (Å²) in [6, 6.07) is 18.3. The van der Waals surface area contributed by atoms with Crippen molar-refractivity contribution < 1.29 is 9.31 Å². The van der Waals surface area contributed by atoms with Gasteiger partial charge in [0.25, 0.3) is 0 Å². The zero-order chi connectivity index (χ0) is 34.2. The molecule has 0 bridgehead atoms. The van der Waals surface area contributed by atoms with Crippen LogP contribution in [0.2, 0.25) is 0 Å². The Morgan fingerprint density at radius 1 is 0.917 bits per heavy atom. The zero-order valence-electron chi connectivity index (χ0n) is 31.2. The molecule has 6 rings (SSSR count). The van der Waals surface area contributed by atoms with E-state index in [0.29, 0.717) is 11.8 Å². The normalized spacial score (nSPS) is 24.9. The van der Waals surface area contributed by atoms with Gasteiger partial charge in [0, 0.05) is 53.4 Å². The molecule has 2 aliphatic heterocycles. The molecular weight excluding hydrogens is 585 g/mol. The first-order valence-corrected chi connectivity index (χ1v) is 18.6. The van der Waals surface area contributed by atoms with E-state index in [1.54, 1.807) is 0 Å². The summed E-state index contributed by atoms with van der Waals surface area (Å²) in [4.78, 5) is 2.67. The van der Waals surface area contributed by atoms with Gasteiger partial charge >= 0.3 is 0 Å². The van der Waals surface area contributed by atoms with Gasteiger partial charge in [-0.25, -0.2) is 0 Å². The summed E-state index contributed by atoms with van der Waals surface area (Å²) < 4.78 is 8.51. The molecule has 0 amide bonds. The Morgan fingerprint density at radius 3 is 2.35 bits per heavy atom. The Hall–Kier alpha value is -3.59. The van der Waals surface area contributed by atoms with Crippen LogP contribution in [0.3, 0.4) is 0 Å². The van der Waals surface area contributed by atoms with Crippen molar-refractivity contribution in [2.45, 2.75) is 105 Å². The molecule has 0 fully saturated rings. The number of benzene rings is 2. The molecule has 0 aromatic heterocycles. The number of para-hydroxylation sites is 2. The molecule has 2 aliphatic carbocycles. The molecule has 48 heavy (non-hydrogen) atoms. The predicted molar refractivity (Wildman–Crippen MR) is 204 cm³/mol. The summed E-state index contributed by atoms with van der Waals surface area (Å²) in [5.41, 5.74) is 12.9. The monoisotopic (exact) mass is 643 g/mol. The molecule has 3 nitrogen and oxygen atoms in total. The van der Waals surface area contributed by atoms with Crippen molar-refractivity contribution in [3.8, 4) is 0 Å². The fourth-order valence-corrected chi connectivity index (χ4v) is 8.62. The number of hydrogen-bond donors (Lipinski definition) is 0. The van der Waals surface area contributed by atoms with Crippen LogP contribution < -0.4 is 4.90 Å². The summed E-state index contributed by atoms with van der Waals surface area (Å²) in [6.07, 6.45) is 18.6. The maximum Gasteiger partial charge on any atom is 0.209 e. The second-order valence-corrected chi connectivity index (χ2v) is 16.2. The van der Waals surface area contributed by atoms with Gasteiger partial charge in [-0.15, -0.1) is 0 Å². The molecule has 2 heterocycles. The first-order chi connectivity index (χ1) is 23.0. The third kappa shape index (κ3) is 6.30. The molecule has 2 aromatic rings. The Labute approximate surface area is 291 Å². The van der Waals surface area contributed by atoms with E-state index in [-0.39, 0.29) is 16.7 Å². The predicted octanol–water partition coefficient (Wildman–Crippen LogP) is 11.3. The van der Waals surface area contributed by atoms with E-state index in [9.17, 15) is 0 Å². The van der Waals surface area contributed by atoms with Gasteiger partial charge in [-0.3, -0.25) is 0 Å². The van der Waals surface area contributed by atoms with Gasteiger partial charge < -0.3 is 9.64 Å². The summed E-state index contributed by atoms with van der Waals surface area (Å²) >= 11 is 0. The fourth-order valence-electron chi connectivity index (χ4n) is 8.62. The standard InChI is InChI=1S/C45H59N2O/c1-31(2)24-26-46-39-21-12-10-19-37(39)44(6,7)42(46)28-34-16-14-17-35(33(34)5)29-43-45(8,30-36-18-15-23-41(36)48-9)38-20-11-13-22-40(38)47(43)27-25-32(3)4/h10-13,15,18-23,28-29,31-32,36H,14,16-17,24-27,30H2,1-9H3/q+1. The van der Waals surface area contributed by atoms with Gasteiger partial charge in [0.15, 0.2) is 5.71 Å². The van der Waals surface area contributed by atoms with Crippen LogP contribution in [0.1, 0.15) is 105 Å². The molecule has 4 aliphatic rings. The van der Waals surface area contributed by atoms with Crippen LogP contribution in [-0.2, 0) is 15.6 Å². The molecule has 0 spiro atoms. The number of allylic oxidation sites excluding steroid dienone is 9. The minimum Gasteiger partial charge on any atom is -0.500 e. The van der Waals surface area contributed by atoms with Gasteiger partial charge in [0.2, 0.25) is 5.69 Å². The van der Waals surface area contributed by atoms with Gasteiger partial charge in [-0.05, 0) is 112 Å². The third-order valence-electron chi connectivity index (χ3n) is 11.6. The highest BCUT2D eigenvalue weighted by Crippen LogP contribution is 2.53. The van der Waals surface area contributed by atoms with E-state index < -0.39 is 0 Å². The molecule has 0 N–H and O–H groups in total. The van der Waals surface area contributed by atoms with Crippen LogP contribution in [-0.4, -0.2) is 30.5 Å². The highest BCUT2D eigenvalue weighted by atomic mass is 16.5. The van der Waals surface area contributed by atoms with Crippen molar-refractivity contribution in [3.63, 3.8) is 0 Å². The van der Waals surface area contributed by atoms with Crippen molar-refractivity contribution >= 4 is 17.1 Å². The fraction of sp³-hybridized carbons (Fsp3) is 0.489. The zero-order valence-corrected chi connectivity index (χ0v) is 31.2. The summed E-state index contributed by atoms with van der Waals surface area (Å²) in [7, 11) is 1.82.